The lowest BCUT2D eigenvalue weighted by atomic mass is 10.1. The molecule has 0 atom stereocenters. The third-order valence-corrected chi connectivity index (χ3v) is 4.04. The highest BCUT2D eigenvalue weighted by Crippen LogP contribution is 2.17. The maximum absolute atomic E-state index is 12.1. The molecule has 0 spiro atoms. The standard InChI is InChI=1S/C17H21N3O2/c1-13-5-7-14(8-6-13)17-18-15(22-19-17)9-10-16(21)20-11-3-2-4-12-20/h5-8H,2-4,9-12H2,1H3. The first-order chi connectivity index (χ1) is 10.7. The number of benzene rings is 1. The molecule has 5 nitrogen and oxygen atoms in total. The van der Waals surface area contributed by atoms with Crippen LogP contribution in [0, 0.1) is 6.92 Å². The van der Waals surface area contributed by atoms with Crippen molar-refractivity contribution in [1.29, 1.82) is 0 Å². The van der Waals surface area contributed by atoms with Gasteiger partial charge in [0.1, 0.15) is 0 Å². The number of hydrogen-bond acceptors (Lipinski definition) is 4. The van der Waals surface area contributed by atoms with Gasteiger partial charge in [-0.2, -0.15) is 4.98 Å². The maximum atomic E-state index is 12.1. The van der Waals surface area contributed by atoms with Gasteiger partial charge in [0.05, 0.1) is 0 Å². The van der Waals surface area contributed by atoms with E-state index in [1.807, 2.05) is 36.1 Å². The van der Waals surface area contributed by atoms with Crippen molar-refractivity contribution >= 4 is 5.91 Å². The van der Waals surface area contributed by atoms with Gasteiger partial charge in [-0.05, 0) is 26.2 Å². The molecule has 2 aromatic rings. The molecular formula is C17H21N3O2. The molecule has 22 heavy (non-hydrogen) atoms. The molecule has 1 saturated heterocycles. The summed E-state index contributed by atoms with van der Waals surface area (Å²) in [5.41, 5.74) is 2.13. The van der Waals surface area contributed by atoms with Gasteiger partial charge in [0.15, 0.2) is 0 Å². The van der Waals surface area contributed by atoms with Gasteiger partial charge in [0, 0.05) is 31.5 Å². The fraction of sp³-hybridized carbons (Fsp3) is 0.471. The molecule has 0 saturated carbocycles. The second-order valence-electron chi connectivity index (χ2n) is 5.82. The molecule has 0 radical (unpaired) electrons. The SMILES string of the molecule is Cc1ccc(-c2noc(CCC(=O)N3CCCCC3)n2)cc1. The number of carbonyl (C=O) groups is 1. The summed E-state index contributed by atoms with van der Waals surface area (Å²) in [6, 6.07) is 7.99. The molecule has 0 bridgehead atoms. The van der Waals surface area contributed by atoms with E-state index in [9.17, 15) is 4.79 Å². The Labute approximate surface area is 130 Å². The smallest absolute Gasteiger partial charge is 0.227 e. The summed E-state index contributed by atoms with van der Waals surface area (Å²) in [6.45, 7) is 3.81. The lowest BCUT2D eigenvalue weighted by molar-refractivity contribution is -0.132. The second-order valence-corrected chi connectivity index (χ2v) is 5.82. The van der Waals surface area contributed by atoms with Crippen molar-refractivity contribution in [1.82, 2.24) is 15.0 Å². The Kier molecular flexibility index (Phi) is 4.51. The first-order valence-corrected chi connectivity index (χ1v) is 7.90. The molecule has 1 aromatic carbocycles. The van der Waals surface area contributed by atoms with Gasteiger partial charge in [-0.3, -0.25) is 4.79 Å². The van der Waals surface area contributed by atoms with E-state index in [2.05, 4.69) is 10.1 Å². The van der Waals surface area contributed by atoms with Crippen LogP contribution in [0.25, 0.3) is 11.4 Å². The Morgan fingerprint density at radius 1 is 1.18 bits per heavy atom. The monoisotopic (exact) mass is 299 g/mol. The van der Waals surface area contributed by atoms with Crippen molar-refractivity contribution in [3.8, 4) is 11.4 Å². The molecule has 1 aliphatic rings. The summed E-state index contributed by atoms with van der Waals surface area (Å²) in [4.78, 5) is 18.4. The minimum atomic E-state index is 0.190. The van der Waals surface area contributed by atoms with E-state index in [4.69, 9.17) is 4.52 Å². The molecule has 1 fully saturated rings. The van der Waals surface area contributed by atoms with Crippen LogP contribution in [0.5, 0.6) is 0 Å². The molecular weight excluding hydrogens is 278 g/mol. The molecule has 116 valence electrons. The molecule has 1 amide bonds. The summed E-state index contributed by atoms with van der Waals surface area (Å²) >= 11 is 0. The Morgan fingerprint density at radius 2 is 1.91 bits per heavy atom. The largest absolute Gasteiger partial charge is 0.343 e. The van der Waals surface area contributed by atoms with Crippen molar-refractivity contribution < 1.29 is 9.32 Å². The number of amides is 1. The first kappa shape index (κ1) is 14.8. The number of hydrogen-bond donors (Lipinski definition) is 0. The van der Waals surface area contributed by atoms with Crippen LogP contribution in [0.4, 0.5) is 0 Å². The molecule has 1 aromatic heterocycles. The summed E-state index contributed by atoms with van der Waals surface area (Å²) in [7, 11) is 0. The van der Waals surface area contributed by atoms with Gasteiger partial charge in [0.2, 0.25) is 17.6 Å². The highest BCUT2D eigenvalue weighted by atomic mass is 16.5. The summed E-state index contributed by atoms with van der Waals surface area (Å²) in [5, 5.41) is 4.00. The lowest BCUT2D eigenvalue weighted by Gasteiger charge is -2.26. The fourth-order valence-corrected chi connectivity index (χ4v) is 2.69. The Hall–Kier alpha value is -2.17. The van der Waals surface area contributed by atoms with Crippen molar-refractivity contribution in [3.05, 3.63) is 35.7 Å². The highest BCUT2D eigenvalue weighted by Gasteiger charge is 2.17. The number of nitrogens with zero attached hydrogens (tertiary/aromatic N) is 3. The minimum Gasteiger partial charge on any atom is -0.343 e. The molecule has 0 N–H and O–H groups in total. The van der Waals surface area contributed by atoms with Crippen LogP contribution >= 0.6 is 0 Å². The zero-order valence-electron chi connectivity index (χ0n) is 12.9. The molecule has 1 aliphatic heterocycles. The molecule has 2 heterocycles. The average molecular weight is 299 g/mol. The van der Waals surface area contributed by atoms with Gasteiger partial charge < -0.3 is 9.42 Å². The van der Waals surface area contributed by atoms with Gasteiger partial charge in [-0.1, -0.05) is 35.0 Å². The van der Waals surface area contributed by atoms with Crippen LogP contribution in [0.15, 0.2) is 28.8 Å². The molecule has 0 unspecified atom stereocenters. The van der Waals surface area contributed by atoms with E-state index in [1.54, 1.807) is 0 Å². The predicted octanol–water partition coefficient (Wildman–Crippen LogP) is 2.99. The Morgan fingerprint density at radius 3 is 2.64 bits per heavy atom. The number of aryl methyl sites for hydroxylation is 2. The van der Waals surface area contributed by atoms with Crippen LogP contribution in [0.2, 0.25) is 0 Å². The van der Waals surface area contributed by atoms with Crippen molar-refractivity contribution in [2.45, 2.75) is 39.0 Å². The third kappa shape index (κ3) is 3.53. The lowest BCUT2D eigenvalue weighted by Crippen LogP contribution is -2.35. The normalized spacial score (nSPS) is 15.0. The van der Waals surface area contributed by atoms with Gasteiger partial charge in [-0.25, -0.2) is 0 Å². The van der Waals surface area contributed by atoms with E-state index in [-0.39, 0.29) is 5.91 Å². The number of aromatic nitrogens is 2. The number of piperidine rings is 1. The van der Waals surface area contributed by atoms with E-state index in [0.717, 1.165) is 31.5 Å². The van der Waals surface area contributed by atoms with Crippen molar-refractivity contribution in [2.24, 2.45) is 0 Å². The zero-order valence-corrected chi connectivity index (χ0v) is 12.9. The van der Waals surface area contributed by atoms with E-state index in [0.29, 0.717) is 24.6 Å². The topological polar surface area (TPSA) is 59.2 Å². The Bertz CT molecular complexity index is 628. The molecule has 5 heteroatoms. The van der Waals surface area contributed by atoms with Gasteiger partial charge in [-0.15, -0.1) is 0 Å². The number of likely N-dealkylation sites (tertiary alicyclic amines) is 1. The second kappa shape index (κ2) is 6.73. The van der Waals surface area contributed by atoms with E-state index in [1.165, 1.54) is 12.0 Å². The van der Waals surface area contributed by atoms with E-state index >= 15 is 0 Å². The van der Waals surface area contributed by atoms with Crippen LogP contribution < -0.4 is 0 Å². The third-order valence-electron chi connectivity index (χ3n) is 4.04. The number of carbonyl (C=O) groups excluding carboxylic acids is 1. The van der Waals surface area contributed by atoms with Crippen LogP contribution in [-0.4, -0.2) is 34.0 Å². The average Bonchev–Trinajstić information content (AvgIpc) is 3.03. The fourth-order valence-electron chi connectivity index (χ4n) is 2.69. The van der Waals surface area contributed by atoms with Crippen LogP contribution in [0.1, 0.15) is 37.1 Å². The Balaban J connectivity index is 1.57. The van der Waals surface area contributed by atoms with Crippen molar-refractivity contribution in [3.63, 3.8) is 0 Å². The first-order valence-electron chi connectivity index (χ1n) is 7.90. The summed E-state index contributed by atoms with van der Waals surface area (Å²) in [5.74, 6) is 1.30. The zero-order chi connectivity index (χ0) is 15.4. The van der Waals surface area contributed by atoms with Gasteiger partial charge >= 0.3 is 0 Å². The maximum Gasteiger partial charge on any atom is 0.227 e. The van der Waals surface area contributed by atoms with Crippen LogP contribution in [-0.2, 0) is 11.2 Å². The van der Waals surface area contributed by atoms with Crippen molar-refractivity contribution in [2.75, 3.05) is 13.1 Å². The molecule has 3 rings (SSSR count). The van der Waals surface area contributed by atoms with Gasteiger partial charge in [0.25, 0.3) is 0 Å². The summed E-state index contributed by atoms with van der Waals surface area (Å²) < 4.78 is 5.26. The highest BCUT2D eigenvalue weighted by molar-refractivity contribution is 5.76. The number of rotatable bonds is 4. The summed E-state index contributed by atoms with van der Waals surface area (Å²) in [6.07, 6.45) is 4.41. The van der Waals surface area contributed by atoms with E-state index < -0.39 is 0 Å². The quantitative estimate of drug-likeness (QED) is 0.871. The van der Waals surface area contributed by atoms with Crippen LogP contribution in [0.3, 0.4) is 0 Å². The minimum absolute atomic E-state index is 0.190. The molecule has 0 aliphatic carbocycles. The predicted molar refractivity (Wildman–Crippen MR) is 83.2 cm³/mol.